The van der Waals surface area contributed by atoms with Crippen LogP contribution in [0.3, 0.4) is 0 Å². The highest BCUT2D eigenvalue weighted by Gasteiger charge is 2.15. The first-order valence-electron chi connectivity index (χ1n) is 6.26. The van der Waals surface area contributed by atoms with Crippen molar-refractivity contribution >= 4 is 72.3 Å². The first-order chi connectivity index (χ1) is 10.0. The Morgan fingerprint density at radius 2 is 1.52 bits per heavy atom. The first kappa shape index (κ1) is 15.4. The van der Waals surface area contributed by atoms with E-state index >= 15 is 0 Å². The van der Waals surface area contributed by atoms with E-state index in [4.69, 9.17) is 34.8 Å². The van der Waals surface area contributed by atoms with Crippen LogP contribution in [0.5, 0.6) is 0 Å². The van der Waals surface area contributed by atoms with E-state index in [-0.39, 0.29) is 0 Å². The van der Waals surface area contributed by atoms with Crippen molar-refractivity contribution in [2.75, 3.05) is 5.33 Å². The molecule has 1 nitrogen and oxygen atoms in total. The molecule has 0 fully saturated rings. The van der Waals surface area contributed by atoms with E-state index in [1.807, 2.05) is 30.3 Å². The molecule has 0 radical (unpaired) electrons. The molecule has 1 N–H and O–H groups in total. The van der Waals surface area contributed by atoms with Gasteiger partial charge in [0.1, 0.15) is 0 Å². The zero-order chi connectivity index (χ0) is 15.1. The van der Waals surface area contributed by atoms with Gasteiger partial charge >= 0.3 is 0 Å². The van der Waals surface area contributed by atoms with Gasteiger partial charge in [0.25, 0.3) is 0 Å². The second-order valence-electron chi connectivity index (χ2n) is 4.81. The summed E-state index contributed by atoms with van der Waals surface area (Å²) in [5.74, 6) is 0. The number of alkyl halides is 1. The lowest BCUT2D eigenvalue weighted by atomic mass is 9.95. The molecule has 0 spiro atoms. The predicted molar refractivity (Wildman–Crippen MR) is 95.2 cm³/mol. The summed E-state index contributed by atoms with van der Waals surface area (Å²) in [7, 11) is 0. The minimum Gasteiger partial charge on any atom is -0.388 e. The van der Waals surface area contributed by atoms with Crippen LogP contribution in [0.15, 0.2) is 36.4 Å². The van der Waals surface area contributed by atoms with Crippen LogP contribution in [0.1, 0.15) is 11.7 Å². The van der Waals surface area contributed by atoms with Gasteiger partial charge in [-0.3, -0.25) is 0 Å². The highest BCUT2D eigenvalue weighted by Crippen LogP contribution is 2.38. The highest BCUT2D eigenvalue weighted by molar-refractivity contribution is 9.09. The molecular formula is C16H10BrCl3O. The number of hydrogen-bond donors (Lipinski definition) is 1. The second-order valence-corrected chi connectivity index (χ2v) is 6.74. The fraction of sp³-hybridized carbons (Fsp3) is 0.125. The van der Waals surface area contributed by atoms with Crippen molar-refractivity contribution in [2.24, 2.45) is 0 Å². The largest absolute Gasteiger partial charge is 0.388 e. The normalized spacial score (nSPS) is 13.0. The van der Waals surface area contributed by atoms with Crippen LogP contribution < -0.4 is 0 Å². The number of hydrogen-bond acceptors (Lipinski definition) is 1. The molecule has 0 saturated carbocycles. The molecule has 108 valence electrons. The Morgan fingerprint density at radius 1 is 0.857 bits per heavy atom. The molecule has 21 heavy (non-hydrogen) atoms. The summed E-state index contributed by atoms with van der Waals surface area (Å²) in [6, 6.07) is 11.1. The van der Waals surface area contributed by atoms with Crippen LogP contribution in [0.25, 0.3) is 21.5 Å². The molecule has 3 aromatic carbocycles. The Hall–Kier alpha value is -0.510. The first-order valence-corrected chi connectivity index (χ1v) is 8.51. The Balaban J connectivity index is 2.53. The summed E-state index contributed by atoms with van der Waals surface area (Å²) in [6.45, 7) is 0. The van der Waals surface area contributed by atoms with Crippen LogP contribution in [0.4, 0.5) is 0 Å². The number of aliphatic hydroxyl groups excluding tert-OH is 1. The van der Waals surface area contributed by atoms with Crippen LogP contribution >= 0.6 is 50.7 Å². The van der Waals surface area contributed by atoms with E-state index in [0.717, 1.165) is 27.1 Å². The van der Waals surface area contributed by atoms with E-state index in [1.54, 1.807) is 6.07 Å². The van der Waals surface area contributed by atoms with Gasteiger partial charge in [0.15, 0.2) is 0 Å². The summed E-state index contributed by atoms with van der Waals surface area (Å²) in [5.41, 5.74) is 0.815. The molecule has 5 heteroatoms. The molecule has 0 aromatic heterocycles. The smallest absolute Gasteiger partial charge is 0.0893 e. The van der Waals surface area contributed by atoms with Gasteiger partial charge in [-0.05, 0) is 52.1 Å². The summed E-state index contributed by atoms with van der Waals surface area (Å²) in [6.07, 6.45) is -0.621. The van der Waals surface area contributed by atoms with Crippen molar-refractivity contribution < 1.29 is 5.11 Å². The van der Waals surface area contributed by atoms with Gasteiger partial charge < -0.3 is 5.11 Å². The lowest BCUT2D eigenvalue weighted by Crippen LogP contribution is -2.00. The summed E-state index contributed by atoms with van der Waals surface area (Å²) >= 11 is 21.9. The number of halogens is 4. The summed E-state index contributed by atoms with van der Waals surface area (Å²) in [4.78, 5) is 0. The number of rotatable bonds is 2. The summed E-state index contributed by atoms with van der Waals surface area (Å²) in [5, 5.41) is 16.1. The second kappa shape index (κ2) is 5.94. The molecule has 3 aromatic rings. The topological polar surface area (TPSA) is 20.2 Å². The Bertz CT molecular complexity index is 848. The lowest BCUT2D eigenvalue weighted by molar-refractivity contribution is 0.207. The molecule has 0 amide bonds. The maximum absolute atomic E-state index is 10.3. The molecule has 3 rings (SSSR count). The Labute approximate surface area is 145 Å². The standard InChI is InChI=1S/C16H10BrCl3O/c17-7-16(21)14-6-13-12(4-9(19)5-15(13)20)11-3-8(18)1-2-10(11)14/h1-6,16,21H,7H2/t16-/m0/s1. The van der Waals surface area contributed by atoms with Crippen molar-refractivity contribution in [3.8, 4) is 0 Å². The molecule has 1 atom stereocenters. The van der Waals surface area contributed by atoms with Crippen LogP contribution in [-0.2, 0) is 0 Å². The Kier molecular flexibility index (Phi) is 4.35. The maximum atomic E-state index is 10.3. The van der Waals surface area contributed by atoms with Gasteiger partial charge in [0.2, 0.25) is 0 Å². The van der Waals surface area contributed by atoms with Crippen molar-refractivity contribution in [1.29, 1.82) is 0 Å². The summed E-state index contributed by atoms with van der Waals surface area (Å²) < 4.78 is 0. The minimum absolute atomic E-state index is 0.446. The van der Waals surface area contributed by atoms with Crippen LogP contribution in [0.2, 0.25) is 15.1 Å². The van der Waals surface area contributed by atoms with Crippen molar-refractivity contribution in [3.63, 3.8) is 0 Å². The molecular weight excluding hydrogens is 394 g/mol. The average Bonchev–Trinajstić information content (AvgIpc) is 2.45. The van der Waals surface area contributed by atoms with Gasteiger partial charge in [-0.15, -0.1) is 0 Å². The monoisotopic (exact) mass is 402 g/mol. The van der Waals surface area contributed by atoms with E-state index in [2.05, 4.69) is 15.9 Å². The zero-order valence-corrected chi connectivity index (χ0v) is 14.6. The molecule has 0 bridgehead atoms. The van der Waals surface area contributed by atoms with Gasteiger partial charge in [-0.25, -0.2) is 0 Å². The van der Waals surface area contributed by atoms with Gasteiger partial charge in [0, 0.05) is 25.8 Å². The van der Waals surface area contributed by atoms with Crippen molar-refractivity contribution in [1.82, 2.24) is 0 Å². The maximum Gasteiger partial charge on any atom is 0.0893 e. The third-order valence-electron chi connectivity index (χ3n) is 3.48. The average molecular weight is 405 g/mol. The lowest BCUT2D eigenvalue weighted by Gasteiger charge is -2.15. The minimum atomic E-state index is -0.621. The zero-order valence-electron chi connectivity index (χ0n) is 10.7. The molecule has 0 aliphatic heterocycles. The van der Waals surface area contributed by atoms with Crippen molar-refractivity contribution in [3.05, 3.63) is 57.0 Å². The number of fused-ring (bicyclic) bond motifs is 3. The molecule has 0 heterocycles. The SMILES string of the molecule is O[C@@H](CBr)c1cc2c(Cl)cc(Cl)cc2c2cc(Cl)ccc12. The molecule has 0 unspecified atom stereocenters. The fourth-order valence-corrected chi connectivity index (χ4v) is 3.61. The number of aliphatic hydroxyl groups is 1. The van der Waals surface area contributed by atoms with E-state index in [9.17, 15) is 5.11 Å². The molecule has 0 aliphatic carbocycles. The quantitative estimate of drug-likeness (QED) is 0.388. The van der Waals surface area contributed by atoms with Crippen LogP contribution in [0, 0.1) is 0 Å². The van der Waals surface area contributed by atoms with E-state index < -0.39 is 6.10 Å². The molecule has 0 saturated heterocycles. The van der Waals surface area contributed by atoms with Gasteiger partial charge in [-0.2, -0.15) is 0 Å². The molecule has 0 aliphatic rings. The predicted octanol–water partition coefficient (Wildman–Crippen LogP) is 6.38. The van der Waals surface area contributed by atoms with E-state index in [0.29, 0.717) is 20.4 Å². The van der Waals surface area contributed by atoms with Gasteiger partial charge in [0.05, 0.1) is 6.10 Å². The van der Waals surface area contributed by atoms with E-state index in [1.165, 1.54) is 0 Å². The van der Waals surface area contributed by atoms with Crippen molar-refractivity contribution in [2.45, 2.75) is 6.10 Å². The third kappa shape index (κ3) is 2.76. The third-order valence-corrected chi connectivity index (χ3v) is 4.86. The van der Waals surface area contributed by atoms with Gasteiger partial charge in [-0.1, -0.05) is 56.8 Å². The van der Waals surface area contributed by atoms with Crippen LogP contribution in [-0.4, -0.2) is 10.4 Å². The fourth-order valence-electron chi connectivity index (χ4n) is 2.54. The number of benzene rings is 3. The highest BCUT2D eigenvalue weighted by atomic mass is 79.9. The Morgan fingerprint density at radius 3 is 2.24 bits per heavy atom.